The molecule has 10 heteroatoms. The molecular formula is C11H14N2O7S. The fourth-order valence-electron chi connectivity index (χ4n) is 1.50. The number of likely N-dealkylation sites (N-methyl/N-ethyl adjacent to an activating group) is 1. The van der Waals surface area contributed by atoms with Gasteiger partial charge in [-0.15, -0.1) is 0 Å². The Morgan fingerprint density at radius 3 is 2.48 bits per heavy atom. The third kappa shape index (κ3) is 3.28. The van der Waals surface area contributed by atoms with Gasteiger partial charge in [0.15, 0.2) is 5.75 Å². The summed E-state index contributed by atoms with van der Waals surface area (Å²) in [6.07, 6.45) is 0. The van der Waals surface area contributed by atoms with Crippen LogP contribution in [0.4, 0.5) is 5.69 Å². The molecule has 0 saturated heterocycles. The number of nitrogens with zero attached hydrogens (tertiary/aromatic N) is 2. The van der Waals surface area contributed by atoms with Crippen LogP contribution in [0.3, 0.4) is 0 Å². The SMILES string of the molecule is COc1ccc(S(=O)(=O)N(C)C(C)C(=O)O)cc1[N+](=O)[O-]. The molecule has 9 nitrogen and oxygen atoms in total. The van der Waals surface area contributed by atoms with E-state index in [1.165, 1.54) is 14.0 Å². The number of sulfonamides is 1. The van der Waals surface area contributed by atoms with E-state index in [0.717, 1.165) is 25.2 Å². The number of aliphatic carboxylic acids is 1. The molecule has 0 radical (unpaired) electrons. The van der Waals surface area contributed by atoms with E-state index in [4.69, 9.17) is 9.84 Å². The van der Waals surface area contributed by atoms with Gasteiger partial charge in [0.05, 0.1) is 16.9 Å². The van der Waals surface area contributed by atoms with Gasteiger partial charge in [-0.05, 0) is 19.1 Å². The third-order valence-electron chi connectivity index (χ3n) is 2.93. The van der Waals surface area contributed by atoms with E-state index >= 15 is 0 Å². The van der Waals surface area contributed by atoms with Crippen molar-refractivity contribution in [3.8, 4) is 5.75 Å². The van der Waals surface area contributed by atoms with Crippen molar-refractivity contribution in [1.82, 2.24) is 4.31 Å². The minimum absolute atomic E-state index is 0.0899. The summed E-state index contributed by atoms with van der Waals surface area (Å²) in [5.74, 6) is -1.42. The van der Waals surface area contributed by atoms with Crippen LogP contribution in [0, 0.1) is 10.1 Å². The van der Waals surface area contributed by atoms with E-state index in [9.17, 15) is 23.3 Å². The number of hydrogen-bond donors (Lipinski definition) is 1. The minimum atomic E-state index is -4.17. The number of carbonyl (C=O) groups is 1. The number of hydrogen-bond acceptors (Lipinski definition) is 6. The zero-order valence-corrected chi connectivity index (χ0v) is 12.3. The lowest BCUT2D eigenvalue weighted by molar-refractivity contribution is -0.386. The first-order valence-electron chi connectivity index (χ1n) is 5.66. The molecule has 0 amide bonds. The van der Waals surface area contributed by atoms with Gasteiger partial charge in [-0.1, -0.05) is 0 Å². The number of nitro benzene ring substituents is 1. The predicted octanol–water partition coefficient (Wildman–Crippen LogP) is 0.697. The van der Waals surface area contributed by atoms with Crippen LogP contribution in [0.15, 0.2) is 23.1 Å². The van der Waals surface area contributed by atoms with Gasteiger partial charge in [0.1, 0.15) is 6.04 Å². The molecule has 0 aliphatic rings. The first-order valence-corrected chi connectivity index (χ1v) is 7.10. The summed E-state index contributed by atoms with van der Waals surface area (Å²) in [6, 6.07) is 1.78. The largest absolute Gasteiger partial charge is 0.490 e. The molecular weight excluding hydrogens is 304 g/mol. The van der Waals surface area contributed by atoms with E-state index in [2.05, 4.69) is 0 Å². The van der Waals surface area contributed by atoms with Gasteiger partial charge >= 0.3 is 11.7 Å². The number of rotatable bonds is 6. The van der Waals surface area contributed by atoms with Crippen molar-refractivity contribution in [1.29, 1.82) is 0 Å². The standard InChI is InChI=1S/C11H14N2O7S/c1-7(11(14)15)12(2)21(18,19)8-4-5-10(20-3)9(6-8)13(16)17/h4-7H,1-3H3,(H,14,15). The van der Waals surface area contributed by atoms with Crippen LogP contribution in [-0.4, -0.2) is 48.9 Å². The van der Waals surface area contributed by atoms with Crippen LogP contribution in [0.5, 0.6) is 5.75 Å². The maximum Gasteiger partial charge on any atom is 0.321 e. The number of ether oxygens (including phenoxy) is 1. The van der Waals surface area contributed by atoms with Crippen LogP contribution >= 0.6 is 0 Å². The zero-order chi connectivity index (χ0) is 16.4. The molecule has 0 saturated carbocycles. The van der Waals surface area contributed by atoms with Crippen LogP contribution in [0.1, 0.15) is 6.92 Å². The summed E-state index contributed by atoms with van der Waals surface area (Å²) in [4.78, 5) is 20.6. The highest BCUT2D eigenvalue weighted by Gasteiger charge is 2.31. The molecule has 1 rings (SSSR count). The average molecular weight is 318 g/mol. The van der Waals surface area contributed by atoms with Gasteiger partial charge in [-0.2, -0.15) is 4.31 Å². The van der Waals surface area contributed by atoms with E-state index in [-0.39, 0.29) is 10.6 Å². The Morgan fingerprint density at radius 2 is 2.05 bits per heavy atom. The summed E-state index contributed by atoms with van der Waals surface area (Å²) in [5.41, 5.74) is -0.519. The number of benzene rings is 1. The van der Waals surface area contributed by atoms with E-state index in [1.807, 2.05) is 0 Å². The summed E-state index contributed by atoms with van der Waals surface area (Å²) in [6.45, 7) is 1.19. The van der Waals surface area contributed by atoms with Crippen molar-refractivity contribution < 1.29 is 28.0 Å². The van der Waals surface area contributed by atoms with Gasteiger partial charge in [0.25, 0.3) is 0 Å². The Hall–Kier alpha value is -2.20. The lowest BCUT2D eigenvalue weighted by atomic mass is 10.3. The van der Waals surface area contributed by atoms with Gasteiger partial charge in [-0.25, -0.2) is 8.42 Å². The Kier molecular flexibility index (Phi) is 4.86. The molecule has 0 bridgehead atoms. The second-order valence-electron chi connectivity index (χ2n) is 4.13. The molecule has 0 aromatic heterocycles. The maximum absolute atomic E-state index is 12.3. The predicted molar refractivity (Wildman–Crippen MR) is 71.7 cm³/mol. The quantitative estimate of drug-likeness (QED) is 0.604. The highest BCUT2D eigenvalue weighted by Crippen LogP contribution is 2.30. The second kappa shape index (κ2) is 6.06. The highest BCUT2D eigenvalue weighted by atomic mass is 32.2. The minimum Gasteiger partial charge on any atom is -0.490 e. The van der Waals surface area contributed by atoms with Crippen LogP contribution in [-0.2, 0) is 14.8 Å². The van der Waals surface area contributed by atoms with Crippen molar-refractivity contribution in [2.24, 2.45) is 0 Å². The van der Waals surface area contributed by atoms with Gasteiger partial charge in [0.2, 0.25) is 10.0 Å². The third-order valence-corrected chi connectivity index (χ3v) is 4.85. The lowest BCUT2D eigenvalue weighted by Gasteiger charge is -2.21. The molecule has 0 aliphatic carbocycles. The Bertz CT molecular complexity index is 671. The van der Waals surface area contributed by atoms with E-state index in [0.29, 0.717) is 4.31 Å². The zero-order valence-electron chi connectivity index (χ0n) is 11.5. The summed E-state index contributed by atoms with van der Waals surface area (Å²) in [7, 11) is -1.87. The van der Waals surface area contributed by atoms with Crippen LogP contribution < -0.4 is 4.74 Å². The second-order valence-corrected chi connectivity index (χ2v) is 6.12. The molecule has 1 aromatic carbocycles. The van der Waals surface area contributed by atoms with Gasteiger partial charge in [-0.3, -0.25) is 14.9 Å². The normalized spacial score (nSPS) is 13.0. The van der Waals surface area contributed by atoms with Crippen molar-refractivity contribution in [3.05, 3.63) is 28.3 Å². The molecule has 1 atom stereocenters. The first kappa shape index (κ1) is 16.9. The molecule has 1 aromatic rings. The smallest absolute Gasteiger partial charge is 0.321 e. The monoisotopic (exact) mass is 318 g/mol. The molecule has 0 spiro atoms. The number of methoxy groups -OCH3 is 1. The van der Waals surface area contributed by atoms with Crippen LogP contribution in [0.25, 0.3) is 0 Å². The molecule has 0 heterocycles. The number of carboxylic acid groups (broad SMARTS) is 1. The Balaban J connectivity index is 3.36. The average Bonchev–Trinajstić information content (AvgIpc) is 2.44. The first-order chi connectivity index (χ1) is 9.62. The van der Waals surface area contributed by atoms with E-state index < -0.39 is 32.6 Å². The van der Waals surface area contributed by atoms with Crippen molar-refractivity contribution >= 4 is 21.7 Å². The molecule has 0 aliphatic heterocycles. The van der Waals surface area contributed by atoms with Crippen LogP contribution in [0.2, 0.25) is 0 Å². The lowest BCUT2D eigenvalue weighted by Crippen LogP contribution is -2.40. The molecule has 1 unspecified atom stereocenters. The molecule has 0 fully saturated rings. The van der Waals surface area contributed by atoms with Crippen molar-refractivity contribution in [2.75, 3.05) is 14.2 Å². The van der Waals surface area contributed by atoms with E-state index in [1.54, 1.807) is 0 Å². The number of carboxylic acids is 1. The van der Waals surface area contributed by atoms with Gasteiger partial charge < -0.3 is 9.84 Å². The Labute approximate surface area is 120 Å². The fourth-order valence-corrected chi connectivity index (χ4v) is 2.84. The summed E-state index contributed by atoms with van der Waals surface area (Å²) in [5, 5.41) is 19.7. The fraction of sp³-hybridized carbons (Fsp3) is 0.364. The van der Waals surface area contributed by atoms with Crippen molar-refractivity contribution in [3.63, 3.8) is 0 Å². The molecule has 1 N–H and O–H groups in total. The topological polar surface area (TPSA) is 127 Å². The summed E-state index contributed by atoms with van der Waals surface area (Å²) < 4.78 is 29.9. The maximum atomic E-state index is 12.3. The van der Waals surface area contributed by atoms with Gasteiger partial charge in [0, 0.05) is 13.1 Å². The van der Waals surface area contributed by atoms with Crippen molar-refractivity contribution in [2.45, 2.75) is 17.9 Å². The molecule has 116 valence electrons. The molecule has 21 heavy (non-hydrogen) atoms. The number of nitro groups is 1. The highest BCUT2D eigenvalue weighted by molar-refractivity contribution is 7.89. The summed E-state index contributed by atoms with van der Waals surface area (Å²) >= 11 is 0. The Morgan fingerprint density at radius 1 is 1.48 bits per heavy atom.